The lowest BCUT2D eigenvalue weighted by Gasteiger charge is -1.97. The van der Waals surface area contributed by atoms with Crippen LogP contribution in [0.1, 0.15) is 0 Å². The second-order valence-corrected chi connectivity index (χ2v) is 18.3. The van der Waals surface area contributed by atoms with Crippen molar-refractivity contribution < 1.29 is 34.5 Å². The van der Waals surface area contributed by atoms with Crippen molar-refractivity contribution in [2.75, 3.05) is 0 Å². The summed E-state index contributed by atoms with van der Waals surface area (Å²) in [7, 11) is -12.0. The van der Waals surface area contributed by atoms with Crippen molar-refractivity contribution in [1.29, 1.82) is 0 Å². The van der Waals surface area contributed by atoms with Gasteiger partial charge in [0.15, 0.2) is 0 Å². The normalized spacial score (nSPS) is 20.4. The van der Waals surface area contributed by atoms with E-state index in [1.54, 1.807) is 0 Å². The van der Waals surface area contributed by atoms with Crippen LogP contribution in [0.15, 0.2) is 90.3 Å². The summed E-state index contributed by atoms with van der Waals surface area (Å²) in [5.41, 5.74) is 0. The average molecular weight is 787 g/mol. The van der Waals surface area contributed by atoms with E-state index >= 15 is 0 Å². The SMILES string of the molecule is C1=CSC(=C2SC=CS2)S1.C1=CSC(=C2SC=CS2)S1.C1=CSC(=C2SC=CS2)S1.F[B-](F)(F)F.F[B-](F)(F)F. The molecule has 6 aliphatic heterocycles. The van der Waals surface area contributed by atoms with Crippen molar-refractivity contribution in [3.63, 3.8) is 0 Å². The minimum absolute atomic E-state index is 1.43. The van der Waals surface area contributed by atoms with E-state index in [9.17, 15) is 34.5 Å². The molecule has 220 valence electrons. The first-order valence-electron chi connectivity index (χ1n) is 9.77. The third kappa shape index (κ3) is 19.0. The maximum Gasteiger partial charge on any atom is 0.673 e. The van der Waals surface area contributed by atoms with Gasteiger partial charge in [0, 0.05) is 0 Å². The minimum Gasteiger partial charge on any atom is -0.418 e. The fraction of sp³-hybridized carbons (Fsp3) is 0. The highest BCUT2D eigenvalue weighted by atomic mass is 32.2. The van der Waals surface area contributed by atoms with Crippen LogP contribution < -0.4 is 0 Å². The third-order valence-electron chi connectivity index (χ3n) is 2.93. The quantitative estimate of drug-likeness (QED) is 0.170. The van der Waals surface area contributed by atoms with E-state index in [1.165, 1.54) is 25.4 Å². The largest absolute Gasteiger partial charge is 0.673 e. The first-order valence-corrected chi connectivity index (χ1v) is 20.3. The van der Waals surface area contributed by atoms with Crippen molar-refractivity contribution in [3.05, 3.63) is 90.3 Å². The topological polar surface area (TPSA) is 0 Å². The lowest BCUT2D eigenvalue weighted by Crippen LogP contribution is -2.02. The van der Waals surface area contributed by atoms with Gasteiger partial charge in [-0.2, -0.15) is 0 Å². The molecule has 0 bridgehead atoms. The Morgan fingerprint density at radius 1 is 0.250 bits per heavy atom. The molecule has 0 nitrogen and oxygen atoms in total. The minimum atomic E-state index is -6.00. The van der Waals surface area contributed by atoms with Gasteiger partial charge in [0.25, 0.3) is 0 Å². The zero-order valence-electron chi connectivity index (χ0n) is 19.0. The molecule has 0 fully saturated rings. The summed E-state index contributed by atoms with van der Waals surface area (Å²) < 4.78 is 86.6. The Bertz CT molecular complexity index is 848. The van der Waals surface area contributed by atoms with Gasteiger partial charge in [-0.25, -0.2) is 0 Å². The molecule has 0 radical (unpaired) electrons. The molecule has 0 N–H and O–H groups in total. The highest BCUT2D eigenvalue weighted by Crippen LogP contribution is 2.52. The summed E-state index contributed by atoms with van der Waals surface area (Å²) in [5.74, 6) is 0. The van der Waals surface area contributed by atoms with Crippen molar-refractivity contribution >= 4 is 156 Å². The molecular formula is C18H12B2F8S12-2. The highest BCUT2D eigenvalue weighted by molar-refractivity contribution is 8.34. The zero-order chi connectivity index (χ0) is 29.4. The number of hydrogen-bond acceptors (Lipinski definition) is 12. The van der Waals surface area contributed by atoms with Gasteiger partial charge in [0.2, 0.25) is 0 Å². The molecule has 0 spiro atoms. The van der Waals surface area contributed by atoms with Crippen molar-refractivity contribution in [2.45, 2.75) is 0 Å². The van der Waals surface area contributed by atoms with Gasteiger partial charge in [-0.1, -0.05) is 141 Å². The molecule has 0 atom stereocenters. The summed E-state index contributed by atoms with van der Waals surface area (Å²) in [6.07, 6.45) is 0. The molecule has 0 aromatic carbocycles. The van der Waals surface area contributed by atoms with Crippen LogP contribution in [0.4, 0.5) is 34.5 Å². The molecule has 6 rings (SSSR count). The molecule has 6 aliphatic rings. The monoisotopic (exact) mass is 786 g/mol. The van der Waals surface area contributed by atoms with Gasteiger partial charge in [-0.3, -0.25) is 0 Å². The Morgan fingerprint density at radius 2 is 0.325 bits per heavy atom. The average Bonchev–Trinajstić information content (AvgIpc) is 3.73. The lowest BCUT2D eigenvalue weighted by atomic mass is 10.3. The summed E-state index contributed by atoms with van der Waals surface area (Å²) >= 11 is 21.8. The second-order valence-electron chi connectivity index (χ2n) is 5.76. The molecule has 6 heterocycles. The van der Waals surface area contributed by atoms with Gasteiger partial charge in [0.1, 0.15) is 0 Å². The van der Waals surface area contributed by atoms with Crippen molar-refractivity contribution in [3.8, 4) is 0 Å². The zero-order valence-corrected chi connectivity index (χ0v) is 28.8. The van der Waals surface area contributed by atoms with Crippen LogP contribution >= 0.6 is 141 Å². The molecule has 40 heavy (non-hydrogen) atoms. The van der Waals surface area contributed by atoms with Gasteiger partial charge in [-0.15, -0.1) is 0 Å². The van der Waals surface area contributed by atoms with Crippen LogP contribution in [0.2, 0.25) is 0 Å². The highest BCUT2D eigenvalue weighted by Gasteiger charge is 2.21. The maximum atomic E-state index is 9.75. The van der Waals surface area contributed by atoms with E-state index < -0.39 is 14.5 Å². The molecular weight excluding hydrogens is 775 g/mol. The van der Waals surface area contributed by atoms with Crippen LogP contribution in [0.5, 0.6) is 0 Å². The summed E-state index contributed by atoms with van der Waals surface area (Å²) in [5, 5.41) is 25.6. The number of thioether (sulfide) groups is 12. The standard InChI is InChI=1S/3C6H4S4.2BF4/c3*1-2-8-5(7-1)6-9-3-4-10-6;2*2-1(3,4)5/h3*1-4H;;/q;;;2*-1. The van der Waals surface area contributed by atoms with E-state index in [0.29, 0.717) is 0 Å². The Balaban J connectivity index is 0.000000182. The predicted molar refractivity (Wildman–Crippen MR) is 187 cm³/mol. The van der Waals surface area contributed by atoms with E-state index in [2.05, 4.69) is 64.9 Å². The predicted octanol–water partition coefficient (Wildman–Crippen LogP) is 14.6. The maximum absolute atomic E-state index is 9.75. The van der Waals surface area contributed by atoms with E-state index in [0.717, 1.165) is 0 Å². The lowest BCUT2D eigenvalue weighted by molar-refractivity contribution is 0.366. The smallest absolute Gasteiger partial charge is 0.418 e. The number of rotatable bonds is 0. The van der Waals surface area contributed by atoms with Crippen molar-refractivity contribution in [1.82, 2.24) is 0 Å². The molecule has 0 unspecified atom stereocenters. The molecule has 22 heteroatoms. The van der Waals surface area contributed by atoms with Crippen molar-refractivity contribution in [2.24, 2.45) is 0 Å². The fourth-order valence-electron chi connectivity index (χ4n) is 1.82. The molecule has 0 saturated heterocycles. The Kier molecular flexibility index (Phi) is 19.2. The molecule has 0 aromatic rings. The van der Waals surface area contributed by atoms with Gasteiger partial charge < -0.3 is 34.5 Å². The summed E-state index contributed by atoms with van der Waals surface area (Å²) in [6, 6.07) is 0. The number of hydrogen-bond donors (Lipinski definition) is 0. The van der Waals surface area contributed by atoms with E-state index in [-0.39, 0.29) is 0 Å². The van der Waals surface area contributed by atoms with E-state index in [4.69, 9.17) is 0 Å². The Hall–Kier alpha value is 1.43. The van der Waals surface area contributed by atoms with E-state index in [1.807, 2.05) is 141 Å². The number of halogens is 8. The van der Waals surface area contributed by atoms with Gasteiger partial charge in [-0.05, 0) is 64.9 Å². The Labute approximate surface area is 277 Å². The Morgan fingerprint density at radius 3 is 0.400 bits per heavy atom. The summed E-state index contributed by atoms with van der Waals surface area (Å²) in [4.78, 5) is 0. The third-order valence-corrected chi connectivity index (χ3v) is 17.3. The molecule has 0 aromatic heterocycles. The van der Waals surface area contributed by atoms with Crippen LogP contribution in [-0.2, 0) is 0 Å². The van der Waals surface area contributed by atoms with Crippen LogP contribution in [0, 0.1) is 0 Å². The fourth-order valence-corrected chi connectivity index (χ4v) is 13.9. The van der Waals surface area contributed by atoms with Crippen LogP contribution in [0.25, 0.3) is 0 Å². The first-order chi connectivity index (χ1) is 18.9. The van der Waals surface area contributed by atoms with Crippen LogP contribution in [-0.4, -0.2) is 14.5 Å². The van der Waals surface area contributed by atoms with Gasteiger partial charge in [0.05, 0.1) is 25.4 Å². The molecule has 0 saturated carbocycles. The summed E-state index contributed by atoms with van der Waals surface area (Å²) in [6.45, 7) is 0. The molecule has 0 amide bonds. The molecule has 0 aliphatic carbocycles. The second kappa shape index (κ2) is 20.5. The van der Waals surface area contributed by atoms with Crippen LogP contribution in [0.3, 0.4) is 0 Å². The first kappa shape index (κ1) is 37.6. The van der Waals surface area contributed by atoms with Gasteiger partial charge >= 0.3 is 14.5 Å².